The van der Waals surface area contributed by atoms with Gasteiger partial charge in [0.1, 0.15) is 0 Å². The fraction of sp³-hybridized carbons (Fsp3) is 0.348. The molecule has 8 nitrogen and oxygen atoms in total. The van der Waals surface area contributed by atoms with E-state index in [0.29, 0.717) is 23.7 Å². The van der Waals surface area contributed by atoms with Crippen molar-refractivity contribution in [1.29, 1.82) is 0 Å². The fourth-order valence-electron chi connectivity index (χ4n) is 3.20. The van der Waals surface area contributed by atoms with E-state index in [2.05, 4.69) is 15.6 Å². The molecule has 0 amide bonds. The van der Waals surface area contributed by atoms with Crippen LogP contribution in [0.2, 0.25) is 5.02 Å². The van der Waals surface area contributed by atoms with Gasteiger partial charge in [0, 0.05) is 23.3 Å². The number of anilines is 2. The number of nitrogens with one attached hydrogen (secondary N) is 2. The summed E-state index contributed by atoms with van der Waals surface area (Å²) in [6, 6.07) is 11.3. The minimum absolute atomic E-state index is 0.0155. The van der Waals surface area contributed by atoms with Crippen molar-refractivity contribution in [3.63, 3.8) is 0 Å². The predicted octanol–water partition coefficient (Wildman–Crippen LogP) is 3.39. The lowest BCUT2D eigenvalue weighted by atomic mass is 10.2. The normalized spacial score (nSPS) is 11.1. The summed E-state index contributed by atoms with van der Waals surface area (Å²) in [6.07, 6.45) is 0.406. The Balaban J connectivity index is 2.00. The van der Waals surface area contributed by atoms with Crippen LogP contribution in [0.15, 0.2) is 52.1 Å². The lowest BCUT2D eigenvalue weighted by Crippen LogP contribution is -2.43. The summed E-state index contributed by atoms with van der Waals surface area (Å²) in [5.41, 5.74) is -0.0682. The average Bonchev–Trinajstić information content (AvgIpc) is 2.76. The first kappa shape index (κ1) is 24.5. The van der Waals surface area contributed by atoms with Crippen LogP contribution in [0.5, 0.6) is 5.75 Å². The summed E-state index contributed by atoms with van der Waals surface area (Å²) in [7, 11) is 1.80. The van der Waals surface area contributed by atoms with Crippen LogP contribution in [-0.2, 0) is 13.1 Å². The van der Waals surface area contributed by atoms with Crippen LogP contribution < -0.4 is 26.7 Å². The number of hydrogen-bond acceptors (Lipinski definition) is 6. The zero-order chi connectivity index (χ0) is 24.0. The lowest BCUT2D eigenvalue weighted by molar-refractivity contribution is 0.231. The molecule has 0 saturated heterocycles. The molecular formula is C23H27ClFN5O3. The number of nitrogens with zero attached hydrogens (tertiary/aromatic N) is 3. The molecular weight excluding hydrogens is 449 g/mol. The molecule has 10 heteroatoms. The Morgan fingerprint density at radius 3 is 2.48 bits per heavy atom. The highest BCUT2D eigenvalue weighted by atomic mass is 35.5. The molecule has 2 aromatic carbocycles. The van der Waals surface area contributed by atoms with Crippen LogP contribution in [0.3, 0.4) is 0 Å². The number of ether oxygens (including phenoxy) is 1. The van der Waals surface area contributed by atoms with Crippen molar-refractivity contribution < 1.29 is 9.13 Å². The molecule has 0 aliphatic rings. The average molecular weight is 476 g/mol. The first-order valence-electron chi connectivity index (χ1n) is 10.6. The summed E-state index contributed by atoms with van der Waals surface area (Å²) >= 11 is 5.97. The molecule has 0 saturated carbocycles. The number of halogens is 2. The summed E-state index contributed by atoms with van der Waals surface area (Å²) in [4.78, 5) is 29.9. The van der Waals surface area contributed by atoms with Gasteiger partial charge in [-0.1, -0.05) is 23.7 Å². The van der Waals surface area contributed by atoms with E-state index in [9.17, 15) is 14.0 Å². The zero-order valence-corrected chi connectivity index (χ0v) is 19.5. The molecule has 1 aromatic heterocycles. The molecule has 0 fully saturated rings. The molecule has 2 N–H and O–H groups in total. The molecule has 0 aliphatic heterocycles. The molecule has 3 aromatic rings. The predicted molar refractivity (Wildman–Crippen MR) is 127 cm³/mol. The molecule has 0 atom stereocenters. The van der Waals surface area contributed by atoms with Crippen LogP contribution in [-0.4, -0.2) is 33.8 Å². The summed E-state index contributed by atoms with van der Waals surface area (Å²) < 4.78 is 22.3. The van der Waals surface area contributed by atoms with Crippen molar-refractivity contribution in [2.75, 3.05) is 18.9 Å². The van der Waals surface area contributed by atoms with Gasteiger partial charge in [0.25, 0.3) is 0 Å². The number of hydrogen-bond donors (Lipinski definition) is 2. The van der Waals surface area contributed by atoms with Crippen molar-refractivity contribution in [1.82, 2.24) is 19.4 Å². The van der Waals surface area contributed by atoms with Gasteiger partial charge in [-0.15, -0.1) is 0 Å². The standard InChI is InChI=1S/C23H27ClFN5O3/c1-15(2)33-20-10-9-18(13-19(20)25)27-21-28-22(31)29(12-4-11-26-3)23(32)30(21)14-16-5-7-17(24)8-6-16/h5-10,13,15,26H,4,11-12,14H2,1-3H3,(H,27,28,31). The van der Waals surface area contributed by atoms with E-state index in [0.717, 1.165) is 10.1 Å². The van der Waals surface area contributed by atoms with Crippen molar-refractivity contribution in [2.24, 2.45) is 0 Å². The summed E-state index contributed by atoms with van der Waals surface area (Å²) in [5.74, 6) is -0.440. The third-order valence-corrected chi connectivity index (χ3v) is 5.02. The van der Waals surface area contributed by atoms with E-state index in [1.807, 2.05) is 0 Å². The minimum Gasteiger partial charge on any atom is -0.488 e. The first-order valence-corrected chi connectivity index (χ1v) is 11.0. The molecule has 0 unspecified atom stereocenters. The quantitative estimate of drug-likeness (QED) is 0.437. The molecule has 0 radical (unpaired) electrons. The van der Waals surface area contributed by atoms with Crippen LogP contribution in [0.4, 0.5) is 16.0 Å². The Morgan fingerprint density at radius 1 is 1.12 bits per heavy atom. The van der Waals surface area contributed by atoms with E-state index in [1.54, 1.807) is 51.2 Å². The van der Waals surface area contributed by atoms with Gasteiger partial charge in [-0.05, 0) is 63.7 Å². The van der Waals surface area contributed by atoms with Crippen LogP contribution in [0, 0.1) is 5.82 Å². The van der Waals surface area contributed by atoms with Crippen molar-refractivity contribution >= 4 is 23.2 Å². The number of benzene rings is 2. The highest BCUT2D eigenvalue weighted by molar-refractivity contribution is 6.30. The van der Waals surface area contributed by atoms with Crippen molar-refractivity contribution in [3.8, 4) is 5.75 Å². The van der Waals surface area contributed by atoms with Gasteiger partial charge in [-0.25, -0.2) is 18.5 Å². The zero-order valence-electron chi connectivity index (χ0n) is 18.8. The minimum atomic E-state index is -0.675. The maximum atomic E-state index is 14.5. The second-order valence-electron chi connectivity index (χ2n) is 7.76. The van der Waals surface area contributed by atoms with Crippen LogP contribution >= 0.6 is 11.6 Å². The van der Waals surface area contributed by atoms with Gasteiger partial charge in [0.2, 0.25) is 5.95 Å². The topological polar surface area (TPSA) is 90.2 Å². The Bertz CT molecular complexity index is 1210. The SMILES string of the molecule is CNCCCn1c(=O)nc(Nc2ccc(OC(C)C)c(F)c2)n(Cc2ccc(Cl)cc2)c1=O. The van der Waals surface area contributed by atoms with Gasteiger partial charge in [0.15, 0.2) is 11.6 Å². The van der Waals surface area contributed by atoms with Crippen LogP contribution in [0.25, 0.3) is 0 Å². The molecule has 0 aliphatic carbocycles. The largest absolute Gasteiger partial charge is 0.488 e. The number of aromatic nitrogens is 3. The van der Waals surface area contributed by atoms with Crippen molar-refractivity contribution in [3.05, 3.63) is 79.8 Å². The Kier molecular flexibility index (Phi) is 8.24. The Labute approximate surface area is 196 Å². The molecule has 1 heterocycles. The van der Waals surface area contributed by atoms with E-state index < -0.39 is 17.2 Å². The second-order valence-corrected chi connectivity index (χ2v) is 8.20. The van der Waals surface area contributed by atoms with Crippen molar-refractivity contribution in [2.45, 2.75) is 39.5 Å². The highest BCUT2D eigenvalue weighted by Gasteiger charge is 2.15. The smallest absolute Gasteiger partial charge is 0.354 e. The maximum absolute atomic E-state index is 14.5. The molecule has 3 rings (SSSR count). The molecule has 176 valence electrons. The molecule has 0 bridgehead atoms. The lowest BCUT2D eigenvalue weighted by Gasteiger charge is -2.16. The third kappa shape index (κ3) is 6.43. The molecule has 33 heavy (non-hydrogen) atoms. The summed E-state index contributed by atoms with van der Waals surface area (Å²) in [5, 5.41) is 6.46. The van der Waals surface area contributed by atoms with E-state index >= 15 is 0 Å². The van der Waals surface area contributed by atoms with Crippen LogP contribution in [0.1, 0.15) is 25.8 Å². The van der Waals surface area contributed by atoms with E-state index in [1.165, 1.54) is 16.7 Å². The van der Waals surface area contributed by atoms with Gasteiger partial charge < -0.3 is 15.4 Å². The maximum Gasteiger partial charge on any atom is 0.354 e. The highest BCUT2D eigenvalue weighted by Crippen LogP contribution is 2.24. The molecule has 0 spiro atoms. The van der Waals surface area contributed by atoms with Gasteiger partial charge >= 0.3 is 11.4 Å². The fourth-order valence-corrected chi connectivity index (χ4v) is 3.33. The Hall–Kier alpha value is -3.17. The van der Waals surface area contributed by atoms with Gasteiger partial charge in [-0.2, -0.15) is 4.98 Å². The van der Waals surface area contributed by atoms with Gasteiger partial charge in [0.05, 0.1) is 12.6 Å². The third-order valence-electron chi connectivity index (χ3n) is 4.76. The Morgan fingerprint density at radius 2 is 1.85 bits per heavy atom. The van der Waals surface area contributed by atoms with Gasteiger partial charge in [-0.3, -0.25) is 4.57 Å². The monoisotopic (exact) mass is 475 g/mol. The van der Waals surface area contributed by atoms with E-state index in [4.69, 9.17) is 16.3 Å². The first-order chi connectivity index (χ1) is 15.8. The summed E-state index contributed by atoms with van der Waals surface area (Å²) in [6.45, 7) is 4.62. The van der Waals surface area contributed by atoms with E-state index in [-0.39, 0.29) is 30.9 Å². The second kappa shape index (κ2) is 11.1. The number of rotatable bonds is 10.